The van der Waals surface area contributed by atoms with Crippen LogP contribution in [0.15, 0.2) is 41.0 Å². The predicted molar refractivity (Wildman–Crippen MR) is 78.5 cm³/mol. The smallest absolute Gasteiger partial charge is 0.326 e. The maximum absolute atomic E-state index is 12.6. The molecule has 2 rings (SSSR count). The third-order valence-corrected chi connectivity index (χ3v) is 3.38. The number of rotatable bonds is 4. The number of benzene rings is 1. The van der Waals surface area contributed by atoms with Gasteiger partial charge in [-0.25, -0.2) is 4.79 Å². The van der Waals surface area contributed by atoms with Gasteiger partial charge in [-0.1, -0.05) is 18.2 Å². The molecule has 0 bridgehead atoms. The van der Waals surface area contributed by atoms with Crippen molar-refractivity contribution in [3.05, 3.63) is 53.5 Å². The molecular weight excluding hydrogens is 270 g/mol. The number of carbonyl (C=O) groups is 2. The SMILES string of the molecule is Cc1cccc(C)c1N(C(=O)c1ccco1)C(C)C(=O)O. The van der Waals surface area contributed by atoms with Crippen LogP contribution in [-0.4, -0.2) is 23.0 Å². The number of nitrogens with zero attached hydrogens (tertiary/aromatic N) is 1. The summed E-state index contributed by atoms with van der Waals surface area (Å²) in [5.41, 5.74) is 2.28. The molecule has 2 aromatic rings. The van der Waals surface area contributed by atoms with Crippen LogP contribution >= 0.6 is 0 Å². The number of carbonyl (C=O) groups excluding carboxylic acids is 1. The van der Waals surface area contributed by atoms with Gasteiger partial charge in [-0.05, 0) is 44.0 Å². The van der Waals surface area contributed by atoms with Crippen molar-refractivity contribution in [2.45, 2.75) is 26.8 Å². The number of anilines is 1. The highest BCUT2D eigenvalue weighted by Gasteiger charge is 2.31. The molecule has 0 saturated carbocycles. The standard InChI is InChI=1S/C16H17NO4/c1-10-6-4-7-11(2)14(10)17(12(3)16(19)20)15(18)13-8-5-9-21-13/h4-9,12H,1-3H3,(H,19,20). The van der Waals surface area contributed by atoms with Crippen molar-refractivity contribution < 1.29 is 19.1 Å². The summed E-state index contributed by atoms with van der Waals surface area (Å²) < 4.78 is 5.12. The third-order valence-electron chi connectivity index (χ3n) is 3.38. The fourth-order valence-electron chi connectivity index (χ4n) is 2.29. The first kappa shape index (κ1) is 14.8. The molecule has 0 spiro atoms. The van der Waals surface area contributed by atoms with Gasteiger partial charge >= 0.3 is 5.97 Å². The second-order valence-corrected chi connectivity index (χ2v) is 4.91. The van der Waals surface area contributed by atoms with Crippen LogP contribution in [-0.2, 0) is 4.79 Å². The number of aliphatic carboxylic acids is 1. The van der Waals surface area contributed by atoms with Gasteiger partial charge in [-0.3, -0.25) is 9.69 Å². The minimum atomic E-state index is -1.07. The Morgan fingerprint density at radius 3 is 2.24 bits per heavy atom. The summed E-state index contributed by atoms with van der Waals surface area (Å²) in [5.74, 6) is -1.42. The lowest BCUT2D eigenvalue weighted by atomic mass is 10.1. The molecule has 5 nitrogen and oxygen atoms in total. The van der Waals surface area contributed by atoms with Gasteiger partial charge in [0.15, 0.2) is 5.76 Å². The molecule has 1 heterocycles. The number of hydrogen-bond donors (Lipinski definition) is 1. The lowest BCUT2D eigenvalue weighted by Crippen LogP contribution is -2.44. The predicted octanol–water partition coefficient (Wildman–Crippen LogP) is 3.02. The van der Waals surface area contributed by atoms with Crippen LogP contribution in [0.25, 0.3) is 0 Å². The van der Waals surface area contributed by atoms with E-state index in [0.29, 0.717) is 5.69 Å². The van der Waals surface area contributed by atoms with E-state index in [1.165, 1.54) is 24.2 Å². The number of para-hydroxylation sites is 1. The van der Waals surface area contributed by atoms with E-state index >= 15 is 0 Å². The van der Waals surface area contributed by atoms with Gasteiger partial charge in [-0.2, -0.15) is 0 Å². The minimum Gasteiger partial charge on any atom is -0.480 e. The highest BCUT2D eigenvalue weighted by Crippen LogP contribution is 2.28. The number of furan rings is 1. The summed E-state index contributed by atoms with van der Waals surface area (Å²) >= 11 is 0. The van der Waals surface area contributed by atoms with Crippen molar-refractivity contribution in [1.82, 2.24) is 0 Å². The van der Waals surface area contributed by atoms with Gasteiger partial charge in [0.2, 0.25) is 0 Å². The first-order valence-corrected chi connectivity index (χ1v) is 6.59. The first-order valence-electron chi connectivity index (χ1n) is 6.59. The van der Waals surface area contributed by atoms with Crippen molar-refractivity contribution >= 4 is 17.6 Å². The average molecular weight is 287 g/mol. The molecule has 5 heteroatoms. The van der Waals surface area contributed by atoms with E-state index in [9.17, 15) is 14.7 Å². The van der Waals surface area contributed by atoms with E-state index in [0.717, 1.165) is 11.1 Å². The van der Waals surface area contributed by atoms with E-state index < -0.39 is 17.9 Å². The van der Waals surface area contributed by atoms with Crippen molar-refractivity contribution in [2.75, 3.05) is 4.90 Å². The Balaban J connectivity index is 2.56. The van der Waals surface area contributed by atoms with Crippen LogP contribution in [0.5, 0.6) is 0 Å². The normalized spacial score (nSPS) is 12.0. The topological polar surface area (TPSA) is 70.8 Å². The Morgan fingerprint density at radius 1 is 1.14 bits per heavy atom. The summed E-state index contributed by atoms with van der Waals surface area (Å²) in [6.45, 7) is 5.17. The van der Waals surface area contributed by atoms with E-state index in [-0.39, 0.29) is 5.76 Å². The summed E-state index contributed by atoms with van der Waals surface area (Å²) in [5, 5.41) is 9.32. The van der Waals surface area contributed by atoms with Gasteiger partial charge in [-0.15, -0.1) is 0 Å². The Labute approximate surface area is 122 Å². The zero-order valence-electron chi connectivity index (χ0n) is 12.2. The van der Waals surface area contributed by atoms with Crippen molar-refractivity contribution in [3.8, 4) is 0 Å². The molecule has 0 aliphatic rings. The summed E-state index contributed by atoms with van der Waals surface area (Å²) in [7, 11) is 0. The first-order chi connectivity index (χ1) is 9.93. The largest absolute Gasteiger partial charge is 0.480 e. The number of aryl methyl sites for hydroxylation is 2. The van der Waals surface area contributed by atoms with Crippen LogP contribution in [0.4, 0.5) is 5.69 Å². The lowest BCUT2D eigenvalue weighted by molar-refractivity contribution is -0.138. The molecule has 1 amide bonds. The summed E-state index contributed by atoms with van der Waals surface area (Å²) in [4.78, 5) is 25.3. The third kappa shape index (κ3) is 2.81. The maximum Gasteiger partial charge on any atom is 0.326 e. The van der Waals surface area contributed by atoms with Crippen molar-refractivity contribution in [2.24, 2.45) is 0 Å². The highest BCUT2D eigenvalue weighted by atomic mass is 16.4. The van der Waals surface area contributed by atoms with Crippen molar-refractivity contribution in [1.29, 1.82) is 0 Å². The quantitative estimate of drug-likeness (QED) is 0.938. The fraction of sp³-hybridized carbons (Fsp3) is 0.250. The van der Waals surface area contributed by atoms with Crippen molar-refractivity contribution in [3.63, 3.8) is 0 Å². The molecular formula is C16H17NO4. The molecule has 110 valence electrons. The molecule has 1 unspecified atom stereocenters. The fourth-order valence-corrected chi connectivity index (χ4v) is 2.29. The number of carboxylic acid groups (broad SMARTS) is 1. The molecule has 21 heavy (non-hydrogen) atoms. The molecule has 0 saturated heterocycles. The number of amides is 1. The second-order valence-electron chi connectivity index (χ2n) is 4.91. The Bertz CT molecular complexity index is 641. The van der Waals surface area contributed by atoms with Crippen LogP contribution in [0.1, 0.15) is 28.6 Å². The van der Waals surface area contributed by atoms with Crippen LogP contribution in [0, 0.1) is 13.8 Å². The molecule has 0 fully saturated rings. The van der Waals surface area contributed by atoms with Gasteiger partial charge in [0.1, 0.15) is 6.04 Å². The van der Waals surface area contributed by atoms with E-state index in [1.807, 2.05) is 32.0 Å². The Hall–Kier alpha value is -2.56. The van der Waals surface area contributed by atoms with Gasteiger partial charge in [0.25, 0.3) is 5.91 Å². The van der Waals surface area contributed by atoms with Gasteiger partial charge < -0.3 is 9.52 Å². The monoisotopic (exact) mass is 287 g/mol. The van der Waals surface area contributed by atoms with Crippen LogP contribution in [0.2, 0.25) is 0 Å². The summed E-state index contributed by atoms with van der Waals surface area (Å²) in [6.07, 6.45) is 1.39. The highest BCUT2D eigenvalue weighted by molar-refractivity contribution is 6.08. The molecule has 0 aliphatic heterocycles. The van der Waals surface area contributed by atoms with Gasteiger partial charge in [0.05, 0.1) is 12.0 Å². The molecule has 0 aliphatic carbocycles. The molecule has 0 radical (unpaired) electrons. The molecule has 1 atom stereocenters. The zero-order valence-corrected chi connectivity index (χ0v) is 12.2. The van der Waals surface area contributed by atoms with Gasteiger partial charge in [0, 0.05) is 0 Å². The zero-order chi connectivity index (χ0) is 15.6. The molecule has 1 aromatic heterocycles. The molecule has 1 N–H and O–H groups in total. The number of hydrogen-bond acceptors (Lipinski definition) is 3. The minimum absolute atomic E-state index is 0.116. The number of carboxylic acids is 1. The molecule has 1 aromatic carbocycles. The van der Waals surface area contributed by atoms with Crippen LogP contribution in [0.3, 0.4) is 0 Å². The van der Waals surface area contributed by atoms with E-state index in [2.05, 4.69) is 0 Å². The lowest BCUT2D eigenvalue weighted by Gasteiger charge is -2.28. The van der Waals surface area contributed by atoms with Crippen LogP contribution < -0.4 is 4.90 Å². The van der Waals surface area contributed by atoms with E-state index in [1.54, 1.807) is 6.07 Å². The van der Waals surface area contributed by atoms with E-state index in [4.69, 9.17) is 4.42 Å². The Kier molecular flexibility index (Phi) is 4.12. The second kappa shape index (κ2) is 5.83. The maximum atomic E-state index is 12.6. The Morgan fingerprint density at radius 2 is 1.76 bits per heavy atom. The summed E-state index contributed by atoms with van der Waals surface area (Å²) in [6, 6.07) is 7.69. The average Bonchev–Trinajstić information content (AvgIpc) is 2.95.